The third kappa shape index (κ3) is 8.05. The van der Waals surface area contributed by atoms with E-state index in [1.165, 1.54) is 0 Å². The number of carboxylic acid groups (broad SMARTS) is 1. The maximum atomic E-state index is 11.9. The first-order valence-electron chi connectivity index (χ1n) is 15.9. The van der Waals surface area contributed by atoms with E-state index in [1.807, 2.05) is 60.7 Å². The van der Waals surface area contributed by atoms with Crippen LogP contribution >= 0.6 is 34.8 Å². The molecule has 2 aliphatic rings. The lowest BCUT2D eigenvalue weighted by atomic mass is 9.94. The summed E-state index contributed by atoms with van der Waals surface area (Å²) in [5, 5.41) is 43.2. The van der Waals surface area contributed by atoms with Crippen molar-refractivity contribution in [3.8, 4) is 11.1 Å². The summed E-state index contributed by atoms with van der Waals surface area (Å²) < 4.78 is 12.1. The second kappa shape index (κ2) is 15.8. The van der Waals surface area contributed by atoms with Crippen LogP contribution in [0.15, 0.2) is 54.6 Å². The summed E-state index contributed by atoms with van der Waals surface area (Å²) in [6, 6.07) is 16.9. The summed E-state index contributed by atoms with van der Waals surface area (Å²) >= 11 is 19.5. The molecule has 3 unspecified atom stereocenters. The number of benzene rings is 3. The third-order valence-electron chi connectivity index (χ3n) is 8.68. The van der Waals surface area contributed by atoms with Gasteiger partial charge in [-0.1, -0.05) is 79.7 Å². The normalized spacial score (nSPS) is 23.6. The molecule has 4 N–H and O–H groups in total. The molecule has 8 nitrogen and oxygen atoms in total. The summed E-state index contributed by atoms with van der Waals surface area (Å²) in [7, 11) is 0. The highest BCUT2D eigenvalue weighted by Crippen LogP contribution is 2.50. The Morgan fingerprint density at radius 3 is 2.13 bits per heavy atom. The number of halogens is 3. The summed E-state index contributed by atoms with van der Waals surface area (Å²) in [6.45, 7) is 6.20. The zero-order valence-corrected chi connectivity index (χ0v) is 28.5. The van der Waals surface area contributed by atoms with E-state index in [1.54, 1.807) is 0 Å². The second-order valence-electron chi connectivity index (χ2n) is 12.1. The number of carbonyl (C=O) groups is 1. The molecule has 5 rings (SSSR count). The van der Waals surface area contributed by atoms with Crippen molar-refractivity contribution >= 4 is 52.4 Å². The van der Waals surface area contributed by atoms with Crippen LogP contribution in [-0.4, -0.2) is 81.6 Å². The van der Waals surface area contributed by atoms with Crippen molar-refractivity contribution in [3.63, 3.8) is 0 Å². The number of fused-ring (bicyclic) bond motifs is 3. The van der Waals surface area contributed by atoms with Gasteiger partial charge in [-0.2, -0.15) is 0 Å². The van der Waals surface area contributed by atoms with Gasteiger partial charge in [0, 0.05) is 21.6 Å². The number of aliphatic hydroxyl groups is 3. The zero-order valence-electron chi connectivity index (χ0n) is 26.3. The minimum atomic E-state index is -1.83. The fourth-order valence-electron chi connectivity index (χ4n) is 6.21. The van der Waals surface area contributed by atoms with Crippen molar-refractivity contribution in [3.05, 3.63) is 91.9 Å². The number of aliphatic carboxylic acids is 1. The van der Waals surface area contributed by atoms with Crippen LogP contribution < -0.4 is 0 Å². The minimum absolute atomic E-state index is 0.370. The van der Waals surface area contributed by atoms with E-state index in [9.17, 15) is 25.2 Å². The lowest BCUT2D eigenvalue weighted by Crippen LogP contribution is -2.60. The van der Waals surface area contributed by atoms with Crippen LogP contribution in [0.25, 0.3) is 22.8 Å². The van der Waals surface area contributed by atoms with Crippen LogP contribution in [0.1, 0.15) is 67.9 Å². The fraction of sp³-hybridized carbons (Fsp3) is 0.417. The smallest absolute Gasteiger partial charge is 0.335 e. The Bertz CT molecular complexity index is 1590. The number of unbranched alkanes of at least 4 members (excludes halogenated alkanes) is 2. The predicted molar refractivity (Wildman–Crippen MR) is 185 cm³/mol. The van der Waals surface area contributed by atoms with Crippen molar-refractivity contribution in [2.45, 2.75) is 76.3 Å². The van der Waals surface area contributed by atoms with Crippen molar-refractivity contribution < 1.29 is 34.7 Å². The van der Waals surface area contributed by atoms with Crippen LogP contribution in [0.5, 0.6) is 0 Å². The molecule has 1 aliphatic carbocycles. The van der Waals surface area contributed by atoms with Gasteiger partial charge in [-0.15, -0.1) is 0 Å². The lowest BCUT2D eigenvalue weighted by molar-refractivity contribution is -0.306. The van der Waals surface area contributed by atoms with E-state index in [0.29, 0.717) is 27.2 Å². The van der Waals surface area contributed by atoms with Gasteiger partial charge in [-0.3, -0.25) is 0 Å². The van der Waals surface area contributed by atoms with Crippen molar-refractivity contribution in [2.75, 3.05) is 19.6 Å². The minimum Gasteiger partial charge on any atom is -0.479 e. The zero-order chi connectivity index (χ0) is 33.8. The van der Waals surface area contributed by atoms with Crippen LogP contribution in [0.4, 0.5) is 0 Å². The quantitative estimate of drug-likeness (QED) is 0.117. The van der Waals surface area contributed by atoms with Crippen LogP contribution in [0.3, 0.4) is 0 Å². The summed E-state index contributed by atoms with van der Waals surface area (Å²) in [6.07, 6.45) is -3.54. The van der Waals surface area contributed by atoms with Crippen LogP contribution in [0.2, 0.25) is 15.1 Å². The van der Waals surface area contributed by atoms with Gasteiger partial charge in [-0.05, 0) is 107 Å². The van der Waals surface area contributed by atoms with Gasteiger partial charge in [0.1, 0.15) is 18.3 Å². The molecule has 252 valence electrons. The highest BCUT2D eigenvalue weighted by atomic mass is 35.5. The Labute approximate surface area is 290 Å². The molecule has 3 aromatic carbocycles. The van der Waals surface area contributed by atoms with Crippen molar-refractivity contribution in [1.82, 2.24) is 4.90 Å². The van der Waals surface area contributed by atoms with Gasteiger partial charge < -0.3 is 34.8 Å². The number of hydrogen-bond donors (Lipinski definition) is 4. The van der Waals surface area contributed by atoms with Crippen LogP contribution in [0, 0.1) is 0 Å². The van der Waals surface area contributed by atoms with Crippen LogP contribution in [-0.2, 0) is 14.3 Å². The number of hydrogen-bond acceptors (Lipinski definition) is 7. The molecule has 11 heteroatoms. The molecule has 47 heavy (non-hydrogen) atoms. The maximum Gasteiger partial charge on any atom is 0.335 e. The van der Waals surface area contributed by atoms with Gasteiger partial charge in [0.25, 0.3) is 0 Å². The summed E-state index contributed by atoms with van der Waals surface area (Å²) in [4.78, 5) is 14.2. The summed E-state index contributed by atoms with van der Waals surface area (Å²) in [5.41, 5.74) is 6.04. The van der Waals surface area contributed by atoms with E-state index in [2.05, 4.69) is 18.7 Å². The molecule has 6 atom stereocenters. The number of rotatable bonds is 13. The monoisotopic (exact) mass is 703 g/mol. The molecular weight excluding hydrogens is 665 g/mol. The Hall–Kier alpha value is -2.50. The predicted octanol–water partition coefficient (Wildman–Crippen LogP) is 7.07. The molecule has 0 bridgehead atoms. The van der Waals surface area contributed by atoms with E-state index in [-0.39, 0.29) is 0 Å². The molecule has 1 saturated heterocycles. The number of ether oxygens (including phenoxy) is 2. The molecule has 0 spiro atoms. The lowest BCUT2D eigenvalue weighted by Gasteiger charge is -2.40. The largest absolute Gasteiger partial charge is 0.479 e. The first-order chi connectivity index (χ1) is 22.5. The Balaban J connectivity index is 1.66. The van der Waals surface area contributed by atoms with E-state index in [4.69, 9.17) is 44.3 Å². The molecule has 0 amide bonds. The highest BCUT2D eigenvalue weighted by molar-refractivity contribution is 6.32. The maximum absolute atomic E-state index is 11.9. The average Bonchev–Trinajstić information content (AvgIpc) is 3.34. The Kier molecular flexibility index (Phi) is 12.0. The summed E-state index contributed by atoms with van der Waals surface area (Å²) in [5.74, 6) is -1.48. The highest BCUT2D eigenvalue weighted by Gasteiger charge is 2.48. The van der Waals surface area contributed by atoms with E-state index < -0.39 is 42.8 Å². The molecule has 1 heterocycles. The van der Waals surface area contributed by atoms with Gasteiger partial charge in [-0.25, -0.2) is 4.79 Å². The molecular formula is C36H40Cl3NO7. The van der Waals surface area contributed by atoms with Gasteiger partial charge >= 0.3 is 5.97 Å². The van der Waals surface area contributed by atoms with Gasteiger partial charge in [0.05, 0.1) is 6.10 Å². The number of aliphatic hydroxyl groups excluding tert-OH is 3. The topological polar surface area (TPSA) is 120 Å². The molecule has 0 radical (unpaired) electrons. The molecule has 1 aliphatic heterocycles. The van der Waals surface area contributed by atoms with E-state index in [0.717, 1.165) is 72.2 Å². The van der Waals surface area contributed by atoms with Gasteiger partial charge in [0.15, 0.2) is 12.4 Å². The second-order valence-corrected chi connectivity index (χ2v) is 13.4. The van der Waals surface area contributed by atoms with Crippen molar-refractivity contribution in [2.24, 2.45) is 0 Å². The Morgan fingerprint density at radius 2 is 1.49 bits per heavy atom. The average molecular weight is 705 g/mol. The molecule has 1 fully saturated rings. The van der Waals surface area contributed by atoms with Crippen molar-refractivity contribution in [1.29, 1.82) is 0 Å². The number of carboxylic acids is 1. The van der Waals surface area contributed by atoms with Gasteiger partial charge in [0.2, 0.25) is 0 Å². The first-order valence-corrected chi connectivity index (χ1v) is 17.1. The van der Waals surface area contributed by atoms with E-state index >= 15 is 0 Å². The third-order valence-corrected chi connectivity index (χ3v) is 9.39. The molecule has 3 aromatic rings. The SMILES string of the molecule is CCCCN(CCCC)CC(O[C@@H]1O[C@H](C(=O)O)[C@@H](O)C(O)C1O)c1cc(Cl)cc2c1-c1ccc(Cl)cc1/C2=C/c1ccc(Cl)cc1. The standard InChI is InChI=1S/C36H40Cl3NO7/c1-3-5-13-40(14-6-4-2)19-29(46-36-33(43)31(41)32(42)34(47-36)35(44)45)28-18-23(39)17-27-25(15-20-7-9-21(37)10-8-20)26-16-22(38)11-12-24(26)30(27)28/h7-12,15-18,29,31-34,36,41-43H,3-6,13-14,19H2,1-2H3,(H,44,45)/b25-15-/t29?,31?,32-,33?,34-,36+/m0/s1. The molecule has 0 aromatic heterocycles. The first kappa shape index (κ1) is 35.8. The molecule has 0 saturated carbocycles. The Morgan fingerprint density at radius 1 is 0.851 bits per heavy atom. The number of nitrogens with zero attached hydrogens (tertiary/aromatic N) is 1. The fourth-order valence-corrected chi connectivity index (χ4v) is 6.74.